The number of hydrogen-bond acceptors (Lipinski definition) is 3. The van der Waals surface area contributed by atoms with E-state index >= 15 is 0 Å². The number of aromatic nitrogens is 1. The van der Waals surface area contributed by atoms with Crippen LogP contribution in [-0.4, -0.2) is 29.8 Å². The van der Waals surface area contributed by atoms with Crippen LogP contribution in [0.25, 0.3) is 22.0 Å². The van der Waals surface area contributed by atoms with Crippen LogP contribution in [0, 0.1) is 5.41 Å². The molecule has 1 aliphatic heterocycles. The largest absolute Gasteiger partial charge is 0.361 e. The van der Waals surface area contributed by atoms with Gasteiger partial charge in [0.15, 0.2) is 5.79 Å². The first-order valence-corrected chi connectivity index (χ1v) is 9.33. The van der Waals surface area contributed by atoms with Gasteiger partial charge in [0.2, 0.25) is 0 Å². The molecular weight excluding hydrogens is 338 g/mol. The maximum atomic E-state index is 13.0. The number of carbonyl (C=O) groups excluding carboxylic acids is 1. The number of Topliss-reactive ketones (excluding diaryl/α,β-unsaturated/α-hetero) is 1. The van der Waals surface area contributed by atoms with Crippen molar-refractivity contribution in [3.05, 3.63) is 60.3 Å². The molecule has 4 nitrogen and oxygen atoms in total. The fraction of sp³-hybridized carbons (Fsp3) is 0.348. The summed E-state index contributed by atoms with van der Waals surface area (Å²) in [7, 11) is 0. The third-order valence-electron chi connectivity index (χ3n) is 5.35. The minimum atomic E-state index is -0.616. The van der Waals surface area contributed by atoms with Crippen LogP contribution in [-0.2, 0) is 20.7 Å². The van der Waals surface area contributed by atoms with Crippen LogP contribution in [0.15, 0.2) is 54.7 Å². The van der Waals surface area contributed by atoms with E-state index < -0.39 is 11.2 Å². The fourth-order valence-corrected chi connectivity index (χ4v) is 3.50. The highest BCUT2D eigenvalue weighted by Crippen LogP contribution is 2.32. The van der Waals surface area contributed by atoms with E-state index in [4.69, 9.17) is 9.47 Å². The van der Waals surface area contributed by atoms with E-state index in [0.29, 0.717) is 19.6 Å². The van der Waals surface area contributed by atoms with Crippen LogP contribution in [0.1, 0.15) is 26.3 Å². The van der Waals surface area contributed by atoms with Crippen molar-refractivity contribution in [1.29, 1.82) is 0 Å². The number of benzene rings is 2. The molecular formula is C23H25NO3. The predicted octanol–water partition coefficient (Wildman–Crippen LogP) is 4.74. The summed E-state index contributed by atoms with van der Waals surface area (Å²) >= 11 is 0. The topological polar surface area (TPSA) is 51.3 Å². The highest BCUT2D eigenvalue weighted by Gasteiger charge is 2.41. The molecule has 140 valence electrons. The van der Waals surface area contributed by atoms with Crippen LogP contribution in [0.3, 0.4) is 0 Å². The maximum Gasteiger partial charge on any atom is 0.162 e. The van der Waals surface area contributed by atoms with Gasteiger partial charge in [-0.1, -0.05) is 36.4 Å². The molecule has 0 radical (unpaired) electrons. The summed E-state index contributed by atoms with van der Waals surface area (Å²) in [5.74, 6) is -0.468. The number of H-pyrrole nitrogens is 1. The van der Waals surface area contributed by atoms with Crippen LogP contribution in [0.5, 0.6) is 0 Å². The molecule has 0 atom stereocenters. The highest BCUT2D eigenvalue weighted by atomic mass is 16.7. The number of hydrogen-bond donors (Lipinski definition) is 1. The van der Waals surface area contributed by atoms with Crippen molar-refractivity contribution in [2.24, 2.45) is 5.41 Å². The lowest BCUT2D eigenvalue weighted by Gasteiger charge is -2.40. The zero-order valence-electron chi connectivity index (χ0n) is 16.0. The minimum absolute atomic E-state index is 0.148. The Morgan fingerprint density at radius 2 is 1.78 bits per heavy atom. The predicted molar refractivity (Wildman–Crippen MR) is 107 cm³/mol. The number of fused-ring (bicyclic) bond motifs is 1. The van der Waals surface area contributed by atoms with E-state index in [0.717, 1.165) is 16.6 Å². The molecule has 1 N–H and O–H groups in total. The van der Waals surface area contributed by atoms with E-state index in [1.807, 2.05) is 45.2 Å². The summed E-state index contributed by atoms with van der Waals surface area (Å²) in [4.78, 5) is 16.2. The second kappa shape index (κ2) is 6.63. The molecule has 0 bridgehead atoms. The first kappa shape index (κ1) is 18.0. The summed E-state index contributed by atoms with van der Waals surface area (Å²) in [6.45, 7) is 6.46. The zero-order chi connectivity index (χ0) is 19.1. The molecule has 0 saturated carbocycles. The van der Waals surface area contributed by atoms with E-state index in [1.54, 1.807) is 0 Å². The monoisotopic (exact) mass is 363 g/mol. The van der Waals surface area contributed by atoms with Crippen molar-refractivity contribution in [2.75, 3.05) is 13.2 Å². The van der Waals surface area contributed by atoms with E-state index in [9.17, 15) is 4.79 Å². The fourth-order valence-electron chi connectivity index (χ4n) is 3.50. The molecule has 1 aliphatic rings. The average molecular weight is 363 g/mol. The molecule has 1 saturated heterocycles. The number of nitrogens with one attached hydrogen (secondary N) is 1. The van der Waals surface area contributed by atoms with Gasteiger partial charge in [-0.25, -0.2) is 0 Å². The van der Waals surface area contributed by atoms with Crippen molar-refractivity contribution in [2.45, 2.75) is 33.0 Å². The molecule has 27 heavy (non-hydrogen) atoms. The number of carbonyl (C=O) groups is 1. The second-order valence-corrected chi connectivity index (χ2v) is 8.08. The molecule has 2 heterocycles. The lowest BCUT2D eigenvalue weighted by atomic mass is 9.83. The van der Waals surface area contributed by atoms with Gasteiger partial charge in [0.05, 0.1) is 18.6 Å². The SMILES string of the molecule is CC1(C)OCC(C)(C(=O)Cc2cccc(-c3cccc4[nH]ccc34)c2)CO1. The van der Waals surface area contributed by atoms with Crippen molar-refractivity contribution >= 4 is 16.7 Å². The van der Waals surface area contributed by atoms with E-state index in [1.165, 1.54) is 10.9 Å². The van der Waals surface area contributed by atoms with Crippen molar-refractivity contribution in [3.8, 4) is 11.1 Å². The number of ether oxygens (including phenoxy) is 2. The Morgan fingerprint density at radius 3 is 2.56 bits per heavy atom. The highest BCUT2D eigenvalue weighted by molar-refractivity contribution is 5.95. The maximum absolute atomic E-state index is 13.0. The van der Waals surface area contributed by atoms with Gasteiger partial charge in [0.1, 0.15) is 5.78 Å². The quantitative estimate of drug-likeness (QED) is 0.729. The van der Waals surface area contributed by atoms with Gasteiger partial charge in [-0.3, -0.25) is 4.79 Å². The Morgan fingerprint density at radius 1 is 1.04 bits per heavy atom. The Balaban J connectivity index is 1.57. The first-order chi connectivity index (χ1) is 12.9. The zero-order valence-corrected chi connectivity index (χ0v) is 16.0. The van der Waals surface area contributed by atoms with Crippen molar-refractivity contribution in [1.82, 2.24) is 4.98 Å². The Bertz CT molecular complexity index is 976. The third kappa shape index (κ3) is 3.55. The third-order valence-corrected chi connectivity index (χ3v) is 5.35. The van der Waals surface area contributed by atoms with Gasteiger partial charge < -0.3 is 14.5 Å². The second-order valence-electron chi connectivity index (χ2n) is 8.08. The van der Waals surface area contributed by atoms with Gasteiger partial charge >= 0.3 is 0 Å². The average Bonchev–Trinajstić information content (AvgIpc) is 3.13. The molecule has 1 aromatic heterocycles. The lowest BCUT2D eigenvalue weighted by Crippen LogP contribution is -2.49. The molecule has 0 unspecified atom stereocenters. The molecule has 3 aromatic rings. The van der Waals surface area contributed by atoms with Crippen molar-refractivity contribution in [3.63, 3.8) is 0 Å². The summed E-state index contributed by atoms with van der Waals surface area (Å²) in [5.41, 5.74) is 3.80. The Hall–Kier alpha value is -2.43. The molecule has 0 amide bonds. The van der Waals surface area contributed by atoms with Gasteiger partial charge in [-0.05, 0) is 49.6 Å². The number of aromatic amines is 1. The van der Waals surface area contributed by atoms with E-state index in [-0.39, 0.29) is 5.78 Å². The molecule has 4 heteroatoms. The van der Waals surface area contributed by atoms with Gasteiger partial charge in [0, 0.05) is 23.5 Å². The van der Waals surface area contributed by atoms with Crippen LogP contribution < -0.4 is 0 Å². The molecule has 0 spiro atoms. The minimum Gasteiger partial charge on any atom is -0.361 e. The lowest BCUT2D eigenvalue weighted by molar-refractivity contribution is -0.276. The molecule has 4 rings (SSSR count). The van der Waals surface area contributed by atoms with E-state index in [2.05, 4.69) is 35.3 Å². The van der Waals surface area contributed by atoms with Crippen molar-refractivity contribution < 1.29 is 14.3 Å². The van der Waals surface area contributed by atoms with Crippen LogP contribution in [0.2, 0.25) is 0 Å². The summed E-state index contributed by atoms with van der Waals surface area (Å²) < 4.78 is 11.5. The summed E-state index contributed by atoms with van der Waals surface area (Å²) in [5, 5.41) is 1.18. The Labute approximate surface area is 159 Å². The summed E-state index contributed by atoms with van der Waals surface area (Å²) in [6.07, 6.45) is 2.33. The molecule has 0 aliphatic carbocycles. The van der Waals surface area contributed by atoms with Gasteiger partial charge in [-0.2, -0.15) is 0 Å². The van der Waals surface area contributed by atoms with Crippen LogP contribution in [0.4, 0.5) is 0 Å². The normalized spacial score (nSPS) is 18.5. The first-order valence-electron chi connectivity index (χ1n) is 9.33. The molecule has 1 fully saturated rings. The Kier molecular flexibility index (Phi) is 4.41. The van der Waals surface area contributed by atoms with Gasteiger partial charge in [-0.15, -0.1) is 0 Å². The number of rotatable bonds is 4. The standard InChI is InChI=1S/C23H25NO3/c1-22(2)26-14-23(3,15-27-22)21(25)13-16-6-4-7-17(12-16)18-8-5-9-20-19(18)10-11-24-20/h4-12,24H,13-15H2,1-3H3. The molecule has 2 aromatic carbocycles. The smallest absolute Gasteiger partial charge is 0.162 e. The van der Waals surface area contributed by atoms with Gasteiger partial charge in [0.25, 0.3) is 0 Å². The summed E-state index contributed by atoms with van der Waals surface area (Å²) in [6, 6.07) is 16.5. The number of ketones is 1. The van der Waals surface area contributed by atoms with Crippen LogP contribution >= 0.6 is 0 Å².